The molecule has 0 aromatic heterocycles. The van der Waals surface area contributed by atoms with E-state index in [0.717, 1.165) is 43.1 Å². The molecule has 134 valence electrons. The van der Waals surface area contributed by atoms with E-state index < -0.39 is 0 Å². The second kappa shape index (κ2) is 8.07. The van der Waals surface area contributed by atoms with E-state index in [1.165, 1.54) is 5.56 Å². The largest absolute Gasteiger partial charge is 0.364 e. The second-order valence-electron chi connectivity index (χ2n) is 6.82. The summed E-state index contributed by atoms with van der Waals surface area (Å²) < 4.78 is 0. The van der Waals surface area contributed by atoms with Gasteiger partial charge in [0.1, 0.15) is 0 Å². The van der Waals surface area contributed by atoms with Crippen LogP contribution in [0.5, 0.6) is 0 Å². The highest BCUT2D eigenvalue weighted by atomic mass is 16.2. The molecule has 1 aliphatic rings. The van der Waals surface area contributed by atoms with E-state index in [4.69, 9.17) is 0 Å². The fourth-order valence-electron chi connectivity index (χ4n) is 3.13. The summed E-state index contributed by atoms with van der Waals surface area (Å²) in [5.41, 5.74) is 4.40. The second-order valence-corrected chi connectivity index (χ2v) is 6.82. The van der Waals surface area contributed by atoms with Crippen molar-refractivity contribution in [3.63, 3.8) is 0 Å². The third-order valence-electron chi connectivity index (χ3n) is 4.44. The minimum Gasteiger partial charge on any atom is -0.364 e. The maximum atomic E-state index is 11.9. The number of hydrogen-bond donors (Lipinski definition) is 0. The van der Waals surface area contributed by atoms with Crippen molar-refractivity contribution in [3.8, 4) is 11.8 Å². The van der Waals surface area contributed by atoms with Crippen LogP contribution in [0.25, 0.3) is 0 Å². The Morgan fingerprint density at radius 3 is 2.38 bits per heavy atom. The number of fused-ring (bicyclic) bond motifs is 1. The molecular formula is C22H25N3O. The lowest BCUT2D eigenvalue weighted by Gasteiger charge is -2.37. The van der Waals surface area contributed by atoms with Gasteiger partial charge in [-0.05, 0) is 43.9 Å². The first-order valence-corrected chi connectivity index (χ1v) is 8.89. The van der Waals surface area contributed by atoms with Gasteiger partial charge in [0.25, 0.3) is 0 Å². The fourth-order valence-corrected chi connectivity index (χ4v) is 3.13. The van der Waals surface area contributed by atoms with Gasteiger partial charge in [0.05, 0.1) is 17.9 Å². The van der Waals surface area contributed by atoms with E-state index in [2.05, 4.69) is 52.0 Å². The Bertz CT molecular complexity index is 830. The molecule has 0 radical (unpaired) electrons. The van der Waals surface area contributed by atoms with Crippen molar-refractivity contribution in [2.45, 2.75) is 13.5 Å². The Hall–Kier alpha value is -2.77. The van der Waals surface area contributed by atoms with Gasteiger partial charge in [0, 0.05) is 32.1 Å². The first-order chi connectivity index (χ1) is 12.5. The van der Waals surface area contributed by atoms with Gasteiger partial charge in [0.2, 0.25) is 5.91 Å². The van der Waals surface area contributed by atoms with Crippen LogP contribution in [-0.2, 0) is 11.3 Å². The lowest BCUT2D eigenvalue weighted by atomic mass is 10.1. The first kappa shape index (κ1) is 18.0. The summed E-state index contributed by atoms with van der Waals surface area (Å²) in [6, 6.07) is 16.6. The molecule has 0 fully saturated rings. The molecule has 0 bridgehead atoms. The summed E-state index contributed by atoms with van der Waals surface area (Å²) in [6.07, 6.45) is 0. The number of amides is 1. The molecule has 2 aromatic carbocycles. The summed E-state index contributed by atoms with van der Waals surface area (Å²) >= 11 is 0. The summed E-state index contributed by atoms with van der Waals surface area (Å²) in [6.45, 7) is 4.77. The third kappa shape index (κ3) is 4.25. The van der Waals surface area contributed by atoms with Crippen molar-refractivity contribution < 1.29 is 4.79 Å². The van der Waals surface area contributed by atoms with Gasteiger partial charge in [-0.2, -0.15) is 0 Å². The predicted octanol–water partition coefficient (Wildman–Crippen LogP) is 2.97. The molecule has 4 nitrogen and oxygen atoms in total. The van der Waals surface area contributed by atoms with Gasteiger partial charge in [-0.15, -0.1) is 0 Å². The molecule has 0 atom stereocenters. The molecule has 2 aromatic rings. The molecule has 0 saturated heterocycles. The normalized spacial score (nSPS) is 13.2. The zero-order valence-corrected chi connectivity index (χ0v) is 15.7. The number of anilines is 2. The van der Waals surface area contributed by atoms with Crippen LogP contribution in [0.2, 0.25) is 0 Å². The summed E-state index contributed by atoms with van der Waals surface area (Å²) in [4.78, 5) is 18.1. The Morgan fingerprint density at radius 2 is 1.73 bits per heavy atom. The van der Waals surface area contributed by atoms with E-state index >= 15 is 0 Å². The van der Waals surface area contributed by atoms with Crippen molar-refractivity contribution in [1.82, 2.24) is 4.90 Å². The van der Waals surface area contributed by atoms with E-state index in [1.54, 1.807) is 6.92 Å². The van der Waals surface area contributed by atoms with Crippen LogP contribution in [0.15, 0.2) is 48.5 Å². The Kier molecular flexibility index (Phi) is 5.60. The number of nitrogens with zero attached hydrogens (tertiary/aromatic N) is 3. The number of benzene rings is 2. The number of carbonyl (C=O) groups excluding carboxylic acids is 1. The number of para-hydroxylation sites is 2. The Morgan fingerprint density at radius 1 is 1.04 bits per heavy atom. The van der Waals surface area contributed by atoms with Gasteiger partial charge >= 0.3 is 0 Å². The van der Waals surface area contributed by atoms with Gasteiger partial charge < -0.3 is 9.80 Å². The standard InChI is InChI=1S/C22H25N3O/c1-18(26)25-16-15-24(21-8-4-5-9-22(21)25)17-20-12-10-19(11-13-20)7-6-14-23(2)3/h4-5,8-13H,14-17H2,1-3H3. The van der Waals surface area contributed by atoms with Crippen LogP contribution in [0.4, 0.5) is 11.4 Å². The highest BCUT2D eigenvalue weighted by molar-refractivity contribution is 5.96. The molecule has 0 spiro atoms. The quantitative estimate of drug-likeness (QED) is 0.799. The fraction of sp³-hybridized carbons (Fsp3) is 0.318. The molecule has 0 unspecified atom stereocenters. The lowest BCUT2D eigenvalue weighted by Crippen LogP contribution is -2.42. The SMILES string of the molecule is CC(=O)N1CCN(Cc2ccc(C#CCN(C)C)cc2)c2ccccc21. The van der Waals surface area contributed by atoms with Crippen LogP contribution in [0.1, 0.15) is 18.1 Å². The number of carbonyl (C=O) groups is 1. The van der Waals surface area contributed by atoms with Crippen LogP contribution < -0.4 is 9.80 Å². The van der Waals surface area contributed by atoms with E-state index in [1.807, 2.05) is 37.2 Å². The smallest absolute Gasteiger partial charge is 0.223 e. The molecular weight excluding hydrogens is 322 g/mol. The zero-order valence-electron chi connectivity index (χ0n) is 15.7. The third-order valence-corrected chi connectivity index (χ3v) is 4.44. The van der Waals surface area contributed by atoms with E-state index in [-0.39, 0.29) is 5.91 Å². The molecule has 3 rings (SSSR count). The minimum absolute atomic E-state index is 0.0951. The Balaban J connectivity index is 1.74. The molecule has 4 heteroatoms. The molecule has 1 amide bonds. The van der Waals surface area contributed by atoms with Gasteiger partial charge in [-0.3, -0.25) is 9.69 Å². The van der Waals surface area contributed by atoms with Crippen LogP contribution in [0, 0.1) is 11.8 Å². The van der Waals surface area contributed by atoms with Gasteiger partial charge in [-0.25, -0.2) is 0 Å². The molecule has 0 N–H and O–H groups in total. The highest BCUT2D eigenvalue weighted by Gasteiger charge is 2.24. The van der Waals surface area contributed by atoms with Crippen molar-refractivity contribution in [2.75, 3.05) is 43.5 Å². The monoisotopic (exact) mass is 347 g/mol. The van der Waals surface area contributed by atoms with Crippen molar-refractivity contribution in [2.24, 2.45) is 0 Å². The summed E-state index contributed by atoms with van der Waals surface area (Å²) in [5.74, 6) is 6.44. The van der Waals surface area contributed by atoms with Crippen molar-refractivity contribution >= 4 is 17.3 Å². The molecule has 1 heterocycles. The maximum Gasteiger partial charge on any atom is 0.223 e. The van der Waals surface area contributed by atoms with Crippen LogP contribution in [-0.4, -0.2) is 44.5 Å². The zero-order chi connectivity index (χ0) is 18.5. The van der Waals surface area contributed by atoms with Crippen LogP contribution >= 0.6 is 0 Å². The Labute approximate surface area is 156 Å². The summed E-state index contributed by atoms with van der Waals surface area (Å²) in [5, 5.41) is 0. The lowest BCUT2D eigenvalue weighted by molar-refractivity contribution is -0.116. The summed E-state index contributed by atoms with van der Waals surface area (Å²) in [7, 11) is 4.03. The highest BCUT2D eigenvalue weighted by Crippen LogP contribution is 2.33. The van der Waals surface area contributed by atoms with E-state index in [0.29, 0.717) is 0 Å². The maximum absolute atomic E-state index is 11.9. The average molecular weight is 347 g/mol. The molecule has 26 heavy (non-hydrogen) atoms. The van der Waals surface area contributed by atoms with Gasteiger partial charge in [-0.1, -0.05) is 36.1 Å². The average Bonchev–Trinajstić information content (AvgIpc) is 2.63. The molecule has 0 aliphatic carbocycles. The number of rotatable bonds is 3. The topological polar surface area (TPSA) is 26.8 Å². The van der Waals surface area contributed by atoms with Crippen LogP contribution in [0.3, 0.4) is 0 Å². The number of hydrogen-bond acceptors (Lipinski definition) is 3. The van der Waals surface area contributed by atoms with Crippen molar-refractivity contribution in [3.05, 3.63) is 59.7 Å². The minimum atomic E-state index is 0.0951. The molecule has 1 aliphatic heterocycles. The van der Waals surface area contributed by atoms with E-state index in [9.17, 15) is 4.79 Å². The van der Waals surface area contributed by atoms with Gasteiger partial charge in [0.15, 0.2) is 0 Å². The predicted molar refractivity (Wildman–Crippen MR) is 107 cm³/mol. The molecule has 0 saturated carbocycles. The first-order valence-electron chi connectivity index (χ1n) is 8.89. The van der Waals surface area contributed by atoms with Crippen molar-refractivity contribution in [1.29, 1.82) is 0 Å².